The normalized spacial score (nSPS) is 12.7. The highest BCUT2D eigenvalue weighted by Crippen LogP contribution is 2.20. The molecule has 0 aliphatic heterocycles. The Morgan fingerprint density at radius 1 is 1.47 bits per heavy atom. The SMILES string of the molecule is CCn1cc(NC(=O)CCC(CCN)C(C)C)cn1. The fraction of sp³-hybridized carbons (Fsp3) is 0.714. The average molecular weight is 266 g/mol. The number of carbonyl (C=O) groups is 1. The molecule has 0 radical (unpaired) electrons. The smallest absolute Gasteiger partial charge is 0.224 e. The van der Waals surface area contributed by atoms with Crippen LogP contribution in [0.2, 0.25) is 0 Å². The zero-order valence-corrected chi connectivity index (χ0v) is 12.2. The van der Waals surface area contributed by atoms with Gasteiger partial charge in [0.15, 0.2) is 0 Å². The highest BCUT2D eigenvalue weighted by molar-refractivity contribution is 5.90. The third kappa shape index (κ3) is 5.42. The fourth-order valence-corrected chi connectivity index (χ4v) is 2.17. The molecular weight excluding hydrogens is 240 g/mol. The summed E-state index contributed by atoms with van der Waals surface area (Å²) in [5, 5.41) is 7.01. The van der Waals surface area contributed by atoms with Gasteiger partial charge in [0.05, 0.1) is 11.9 Å². The molecule has 0 aliphatic rings. The molecule has 0 saturated heterocycles. The Morgan fingerprint density at radius 2 is 2.21 bits per heavy atom. The summed E-state index contributed by atoms with van der Waals surface area (Å²) in [6, 6.07) is 0. The van der Waals surface area contributed by atoms with Gasteiger partial charge in [-0.15, -0.1) is 0 Å². The van der Waals surface area contributed by atoms with Crippen molar-refractivity contribution in [2.24, 2.45) is 17.6 Å². The van der Waals surface area contributed by atoms with E-state index in [9.17, 15) is 4.79 Å². The molecule has 1 heterocycles. The lowest BCUT2D eigenvalue weighted by Gasteiger charge is -2.19. The maximum atomic E-state index is 11.9. The predicted molar refractivity (Wildman–Crippen MR) is 77.8 cm³/mol. The molecule has 0 aromatic carbocycles. The van der Waals surface area contributed by atoms with Crippen molar-refractivity contribution < 1.29 is 4.79 Å². The van der Waals surface area contributed by atoms with Gasteiger partial charge in [0.2, 0.25) is 5.91 Å². The van der Waals surface area contributed by atoms with E-state index in [1.54, 1.807) is 10.9 Å². The number of nitrogens with one attached hydrogen (secondary N) is 1. The zero-order chi connectivity index (χ0) is 14.3. The van der Waals surface area contributed by atoms with Crippen molar-refractivity contribution in [1.82, 2.24) is 9.78 Å². The molecule has 0 saturated carbocycles. The van der Waals surface area contributed by atoms with E-state index in [0.29, 0.717) is 24.8 Å². The highest BCUT2D eigenvalue weighted by atomic mass is 16.1. The lowest BCUT2D eigenvalue weighted by Crippen LogP contribution is -2.18. The number of aromatic nitrogens is 2. The molecule has 0 aliphatic carbocycles. The summed E-state index contributed by atoms with van der Waals surface area (Å²) in [6.45, 7) is 7.88. The standard InChI is InChI=1S/C14H26N4O/c1-4-18-10-13(9-16-18)17-14(19)6-5-12(7-8-15)11(2)3/h9-12H,4-8,15H2,1-3H3,(H,17,19). The van der Waals surface area contributed by atoms with Crippen LogP contribution in [0, 0.1) is 11.8 Å². The molecule has 1 atom stereocenters. The van der Waals surface area contributed by atoms with E-state index >= 15 is 0 Å². The van der Waals surface area contributed by atoms with E-state index in [0.717, 1.165) is 25.1 Å². The molecule has 108 valence electrons. The van der Waals surface area contributed by atoms with Gasteiger partial charge >= 0.3 is 0 Å². The molecule has 3 N–H and O–H groups in total. The third-order valence-electron chi connectivity index (χ3n) is 3.46. The Bertz CT molecular complexity index is 387. The first-order chi connectivity index (χ1) is 9.06. The Balaban J connectivity index is 2.38. The topological polar surface area (TPSA) is 72.9 Å². The average Bonchev–Trinajstić information content (AvgIpc) is 2.81. The van der Waals surface area contributed by atoms with Crippen molar-refractivity contribution in [1.29, 1.82) is 0 Å². The maximum absolute atomic E-state index is 11.9. The molecule has 5 nitrogen and oxygen atoms in total. The van der Waals surface area contributed by atoms with Crippen LogP contribution in [0.3, 0.4) is 0 Å². The first-order valence-corrected chi connectivity index (χ1v) is 7.09. The minimum Gasteiger partial charge on any atom is -0.330 e. The molecule has 1 aromatic rings. The summed E-state index contributed by atoms with van der Waals surface area (Å²) in [7, 11) is 0. The molecular formula is C14H26N4O. The monoisotopic (exact) mass is 266 g/mol. The van der Waals surface area contributed by atoms with Gasteiger partial charge in [0, 0.05) is 19.2 Å². The van der Waals surface area contributed by atoms with Crippen LogP contribution in [0.15, 0.2) is 12.4 Å². The number of amides is 1. The number of nitrogens with two attached hydrogens (primary N) is 1. The lowest BCUT2D eigenvalue weighted by atomic mass is 9.88. The fourth-order valence-electron chi connectivity index (χ4n) is 2.17. The van der Waals surface area contributed by atoms with E-state index in [4.69, 9.17) is 5.73 Å². The quantitative estimate of drug-likeness (QED) is 0.758. The minimum absolute atomic E-state index is 0.0540. The second-order valence-corrected chi connectivity index (χ2v) is 5.25. The first kappa shape index (κ1) is 15.7. The van der Waals surface area contributed by atoms with E-state index in [-0.39, 0.29) is 5.91 Å². The maximum Gasteiger partial charge on any atom is 0.224 e. The number of anilines is 1. The number of rotatable bonds is 8. The van der Waals surface area contributed by atoms with Crippen molar-refractivity contribution in [3.05, 3.63) is 12.4 Å². The predicted octanol–water partition coefficient (Wildman–Crippen LogP) is 2.24. The van der Waals surface area contributed by atoms with Crippen LogP contribution >= 0.6 is 0 Å². The number of carbonyl (C=O) groups excluding carboxylic acids is 1. The van der Waals surface area contributed by atoms with Crippen molar-refractivity contribution in [2.45, 2.75) is 46.6 Å². The Hall–Kier alpha value is -1.36. The van der Waals surface area contributed by atoms with E-state index in [1.165, 1.54) is 0 Å². The van der Waals surface area contributed by atoms with E-state index in [2.05, 4.69) is 24.3 Å². The third-order valence-corrected chi connectivity index (χ3v) is 3.46. The Kier molecular flexibility index (Phi) is 6.56. The summed E-state index contributed by atoms with van der Waals surface area (Å²) >= 11 is 0. The van der Waals surface area contributed by atoms with Crippen LogP contribution in [0.1, 0.15) is 40.0 Å². The van der Waals surface area contributed by atoms with Gasteiger partial charge in [0.25, 0.3) is 0 Å². The van der Waals surface area contributed by atoms with Crippen LogP contribution in [-0.2, 0) is 11.3 Å². The molecule has 1 amide bonds. The van der Waals surface area contributed by atoms with Gasteiger partial charge in [-0.2, -0.15) is 5.10 Å². The van der Waals surface area contributed by atoms with Crippen molar-refractivity contribution in [3.63, 3.8) is 0 Å². The van der Waals surface area contributed by atoms with Crippen LogP contribution < -0.4 is 11.1 Å². The second kappa shape index (κ2) is 7.94. The van der Waals surface area contributed by atoms with Crippen LogP contribution in [0.25, 0.3) is 0 Å². The summed E-state index contributed by atoms with van der Waals surface area (Å²) in [5.74, 6) is 1.15. The molecule has 0 bridgehead atoms. The second-order valence-electron chi connectivity index (χ2n) is 5.25. The molecule has 1 aromatic heterocycles. The van der Waals surface area contributed by atoms with Crippen molar-refractivity contribution in [3.8, 4) is 0 Å². The highest BCUT2D eigenvalue weighted by Gasteiger charge is 2.14. The van der Waals surface area contributed by atoms with Crippen molar-refractivity contribution >= 4 is 11.6 Å². The molecule has 19 heavy (non-hydrogen) atoms. The molecule has 1 unspecified atom stereocenters. The van der Waals surface area contributed by atoms with Gasteiger partial charge in [-0.05, 0) is 38.1 Å². The number of hydrogen-bond acceptors (Lipinski definition) is 3. The zero-order valence-electron chi connectivity index (χ0n) is 12.2. The summed E-state index contributed by atoms with van der Waals surface area (Å²) in [4.78, 5) is 11.9. The van der Waals surface area contributed by atoms with Crippen LogP contribution in [0.4, 0.5) is 5.69 Å². The van der Waals surface area contributed by atoms with Gasteiger partial charge in [-0.3, -0.25) is 9.48 Å². The van der Waals surface area contributed by atoms with Gasteiger partial charge in [-0.1, -0.05) is 13.8 Å². The van der Waals surface area contributed by atoms with Gasteiger partial charge in [0.1, 0.15) is 0 Å². The van der Waals surface area contributed by atoms with Crippen LogP contribution in [-0.4, -0.2) is 22.2 Å². The molecule has 0 spiro atoms. The number of nitrogens with zero attached hydrogens (tertiary/aromatic N) is 2. The van der Waals surface area contributed by atoms with E-state index < -0.39 is 0 Å². The van der Waals surface area contributed by atoms with E-state index in [1.807, 2.05) is 13.1 Å². The lowest BCUT2D eigenvalue weighted by molar-refractivity contribution is -0.116. The molecule has 5 heteroatoms. The number of hydrogen-bond donors (Lipinski definition) is 2. The van der Waals surface area contributed by atoms with Gasteiger partial charge < -0.3 is 11.1 Å². The Labute approximate surface area is 115 Å². The summed E-state index contributed by atoms with van der Waals surface area (Å²) in [6.07, 6.45) is 5.94. The number of aryl methyl sites for hydroxylation is 1. The molecule has 0 fully saturated rings. The summed E-state index contributed by atoms with van der Waals surface area (Å²) < 4.78 is 1.79. The van der Waals surface area contributed by atoms with Gasteiger partial charge in [-0.25, -0.2) is 0 Å². The van der Waals surface area contributed by atoms with Crippen molar-refractivity contribution in [2.75, 3.05) is 11.9 Å². The largest absolute Gasteiger partial charge is 0.330 e. The minimum atomic E-state index is 0.0540. The Morgan fingerprint density at radius 3 is 2.74 bits per heavy atom. The van der Waals surface area contributed by atoms with Crippen LogP contribution in [0.5, 0.6) is 0 Å². The molecule has 1 rings (SSSR count). The first-order valence-electron chi connectivity index (χ1n) is 7.09. The summed E-state index contributed by atoms with van der Waals surface area (Å²) in [5.41, 5.74) is 6.37.